The molecule has 2 aromatic carbocycles. The van der Waals surface area contributed by atoms with Gasteiger partial charge in [0.2, 0.25) is 17.7 Å². The number of nitrogens with zero attached hydrogens (tertiary/aromatic N) is 2. The minimum Gasteiger partial charge on any atom is -0.457 e. The zero-order valence-electron chi connectivity index (χ0n) is 25.3. The van der Waals surface area contributed by atoms with Crippen LogP contribution < -0.4 is 15.4 Å². The van der Waals surface area contributed by atoms with Gasteiger partial charge in [0.1, 0.15) is 17.5 Å². The molecule has 2 N–H and O–H groups in total. The average molecular weight is 641 g/mol. The number of amides is 3. The summed E-state index contributed by atoms with van der Waals surface area (Å²) < 4.78 is 11.2. The monoisotopic (exact) mass is 640 g/mol. The van der Waals surface area contributed by atoms with E-state index >= 15 is 0 Å². The molecule has 2 saturated heterocycles. The van der Waals surface area contributed by atoms with Gasteiger partial charge in [0.25, 0.3) is 0 Å². The lowest BCUT2D eigenvalue weighted by atomic mass is 9.91. The Morgan fingerprint density at radius 3 is 2.45 bits per heavy atom. The predicted octanol–water partition coefficient (Wildman–Crippen LogP) is 4.13. The first-order valence-corrected chi connectivity index (χ1v) is 18.0. The Labute approximate surface area is 269 Å². The van der Waals surface area contributed by atoms with Crippen molar-refractivity contribution in [1.82, 2.24) is 20.4 Å². The average Bonchev–Trinajstić information content (AvgIpc) is 3.53. The first-order valence-electron chi connectivity index (χ1n) is 15.7. The van der Waals surface area contributed by atoms with Crippen molar-refractivity contribution in [3.8, 4) is 11.5 Å². The fourth-order valence-corrected chi connectivity index (χ4v) is 8.20. The lowest BCUT2D eigenvalue weighted by Crippen LogP contribution is -2.55. The van der Waals surface area contributed by atoms with Gasteiger partial charge in [-0.2, -0.15) is 11.8 Å². The molecule has 2 aliphatic heterocycles. The highest BCUT2D eigenvalue weighted by Gasteiger charge is 2.35. The number of ether oxygens (including phenoxy) is 2. The van der Waals surface area contributed by atoms with Crippen LogP contribution >= 0.6 is 23.5 Å². The van der Waals surface area contributed by atoms with Crippen molar-refractivity contribution in [3.63, 3.8) is 0 Å². The molecule has 3 aliphatic rings. The van der Waals surface area contributed by atoms with E-state index in [0.29, 0.717) is 56.1 Å². The van der Waals surface area contributed by atoms with Crippen LogP contribution in [0.5, 0.6) is 11.5 Å². The number of benzene rings is 2. The van der Waals surface area contributed by atoms with Crippen LogP contribution in [0, 0.1) is 5.92 Å². The van der Waals surface area contributed by atoms with Crippen molar-refractivity contribution in [1.29, 1.82) is 0 Å². The Morgan fingerprint density at radius 2 is 1.70 bits per heavy atom. The summed E-state index contributed by atoms with van der Waals surface area (Å²) in [5, 5.41) is 6.10. The summed E-state index contributed by atoms with van der Waals surface area (Å²) in [6.45, 7) is 2.81. The lowest BCUT2D eigenvalue weighted by molar-refractivity contribution is -0.138. The molecule has 238 valence electrons. The zero-order valence-corrected chi connectivity index (χ0v) is 26.9. The van der Waals surface area contributed by atoms with Gasteiger partial charge < -0.3 is 25.0 Å². The van der Waals surface area contributed by atoms with E-state index in [-0.39, 0.29) is 24.3 Å². The zero-order chi connectivity index (χ0) is 30.6. The van der Waals surface area contributed by atoms with E-state index in [1.807, 2.05) is 59.5 Å². The van der Waals surface area contributed by atoms with Gasteiger partial charge in [0.05, 0.1) is 25.8 Å². The molecule has 2 atom stereocenters. The fourth-order valence-electron chi connectivity index (χ4n) is 5.73. The quantitative estimate of drug-likeness (QED) is 0.337. The Bertz CT molecular complexity index is 1210. The van der Waals surface area contributed by atoms with Crippen LogP contribution in [0.3, 0.4) is 0 Å². The van der Waals surface area contributed by atoms with Crippen LogP contribution in [0.1, 0.15) is 37.7 Å². The number of morpholine rings is 1. The minimum atomic E-state index is -0.654. The van der Waals surface area contributed by atoms with Gasteiger partial charge in [0.15, 0.2) is 0 Å². The van der Waals surface area contributed by atoms with Crippen LogP contribution in [-0.2, 0) is 25.7 Å². The predicted molar refractivity (Wildman–Crippen MR) is 176 cm³/mol. The molecule has 11 heteroatoms. The van der Waals surface area contributed by atoms with E-state index in [1.165, 1.54) is 32.1 Å². The normalized spacial score (nSPS) is 20.2. The maximum absolute atomic E-state index is 13.5. The van der Waals surface area contributed by atoms with Crippen molar-refractivity contribution in [2.45, 2.75) is 50.7 Å². The topological polar surface area (TPSA) is 100 Å². The summed E-state index contributed by atoms with van der Waals surface area (Å²) >= 11 is 3.39. The Morgan fingerprint density at radius 1 is 0.977 bits per heavy atom. The molecule has 9 nitrogen and oxygen atoms in total. The number of carbonyl (C=O) groups excluding carboxylic acids is 3. The molecular formula is C33H44N4O5S2. The Kier molecular flexibility index (Phi) is 12.7. The maximum atomic E-state index is 13.5. The first-order chi connectivity index (χ1) is 21.5. The number of carbonyl (C=O) groups is 3. The maximum Gasteiger partial charge on any atom is 0.243 e. The Balaban J connectivity index is 1.16. The molecule has 1 unspecified atom stereocenters. The highest BCUT2D eigenvalue weighted by Crippen LogP contribution is 2.27. The van der Waals surface area contributed by atoms with Crippen molar-refractivity contribution < 1.29 is 23.9 Å². The third kappa shape index (κ3) is 9.89. The van der Waals surface area contributed by atoms with Gasteiger partial charge in [-0.15, -0.1) is 11.8 Å². The van der Waals surface area contributed by atoms with Crippen LogP contribution in [0.2, 0.25) is 0 Å². The van der Waals surface area contributed by atoms with Crippen LogP contribution in [-0.4, -0.2) is 95.6 Å². The fraction of sp³-hybridized carbons (Fsp3) is 0.545. The first kappa shape index (κ1) is 32.7. The van der Waals surface area contributed by atoms with Gasteiger partial charge in [-0.3, -0.25) is 19.3 Å². The van der Waals surface area contributed by atoms with Crippen molar-refractivity contribution >= 4 is 41.2 Å². The number of hydrogen-bond acceptors (Lipinski definition) is 8. The highest BCUT2D eigenvalue weighted by atomic mass is 32.2. The van der Waals surface area contributed by atoms with Gasteiger partial charge in [0, 0.05) is 37.0 Å². The Hall–Kier alpha value is -2.73. The molecule has 3 fully saturated rings. The van der Waals surface area contributed by atoms with Crippen LogP contribution in [0.15, 0.2) is 54.6 Å². The number of rotatable bonds is 13. The van der Waals surface area contributed by atoms with Crippen LogP contribution in [0.4, 0.5) is 0 Å². The molecule has 0 bridgehead atoms. The number of para-hydroxylation sites is 1. The molecule has 2 heterocycles. The smallest absolute Gasteiger partial charge is 0.243 e. The largest absolute Gasteiger partial charge is 0.457 e. The van der Waals surface area contributed by atoms with Gasteiger partial charge in [-0.1, -0.05) is 49.6 Å². The summed E-state index contributed by atoms with van der Waals surface area (Å²) in [5.74, 6) is 4.54. The number of hydrogen-bond donors (Lipinski definition) is 2. The van der Waals surface area contributed by atoms with Crippen LogP contribution in [0.25, 0.3) is 0 Å². The second-order valence-electron chi connectivity index (χ2n) is 11.6. The van der Waals surface area contributed by atoms with E-state index in [0.717, 1.165) is 22.8 Å². The molecule has 1 aliphatic carbocycles. The number of thioether (sulfide) groups is 2. The highest BCUT2D eigenvalue weighted by molar-refractivity contribution is 7.99. The van der Waals surface area contributed by atoms with Gasteiger partial charge in [-0.05, 0) is 54.3 Å². The lowest BCUT2D eigenvalue weighted by Gasteiger charge is -2.30. The summed E-state index contributed by atoms with van der Waals surface area (Å²) in [5.41, 5.74) is 0.943. The van der Waals surface area contributed by atoms with Crippen molar-refractivity contribution in [2.75, 3.05) is 56.0 Å². The van der Waals surface area contributed by atoms with Crippen molar-refractivity contribution in [3.05, 3.63) is 60.2 Å². The van der Waals surface area contributed by atoms with E-state index < -0.39 is 12.1 Å². The second-order valence-corrected chi connectivity index (χ2v) is 13.7. The molecule has 0 spiro atoms. The third-order valence-electron chi connectivity index (χ3n) is 8.34. The van der Waals surface area contributed by atoms with E-state index in [9.17, 15) is 14.4 Å². The molecule has 1 saturated carbocycles. The molecule has 2 aromatic rings. The minimum absolute atomic E-state index is 0.0196. The summed E-state index contributed by atoms with van der Waals surface area (Å²) in [7, 11) is 0. The molecular weight excluding hydrogens is 597 g/mol. The van der Waals surface area contributed by atoms with Gasteiger partial charge >= 0.3 is 0 Å². The summed E-state index contributed by atoms with van der Waals surface area (Å²) in [6, 6.07) is 16.1. The molecule has 5 rings (SSSR count). The standard InChI is InChI=1S/C33H44N4O5S2/c38-31(36-15-17-41-18-16-36)20-37-24-44-23-30(37)33(40)35-29(22-43-21-26-7-3-1-4-8-26)32(39)34-19-25-11-13-28(14-12-25)42-27-9-5-2-6-10-27/h2,5-6,9-14,26,29-30H,1,3-4,7-8,15-24H2,(H,34,39)(H,35,40)/t29-,30?/m0/s1. The van der Waals surface area contributed by atoms with E-state index in [4.69, 9.17) is 9.47 Å². The van der Waals surface area contributed by atoms with Gasteiger partial charge in [-0.25, -0.2) is 0 Å². The molecule has 0 radical (unpaired) electrons. The van der Waals surface area contributed by atoms with Crippen molar-refractivity contribution in [2.24, 2.45) is 5.92 Å². The summed E-state index contributed by atoms with van der Waals surface area (Å²) in [4.78, 5) is 43.6. The number of nitrogens with one attached hydrogen (secondary N) is 2. The molecule has 3 amide bonds. The third-order valence-corrected chi connectivity index (χ3v) is 10.7. The SMILES string of the molecule is O=C(N[C@@H](CSCC1CCCCC1)C(=O)NCc1ccc(Oc2ccccc2)cc1)C1CSCN1CC(=O)N1CCOCC1. The van der Waals surface area contributed by atoms with E-state index in [1.54, 1.807) is 28.4 Å². The second kappa shape index (κ2) is 17.1. The summed E-state index contributed by atoms with van der Waals surface area (Å²) in [6.07, 6.45) is 6.35. The molecule has 44 heavy (non-hydrogen) atoms. The van der Waals surface area contributed by atoms with E-state index in [2.05, 4.69) is 10.6 Å². The molecule has 0 aromatic heterocycles.